The van der Waals surface area contributed by atoms with Crippen molar-refractivity contribution in [3.8, 4) is 11.8 Å². The van der Waals surface area contributed by atoms with Crippen molar-refractivity contribution < 1.29 is 13.9 Å². The van der Waals surface area contributed by atoms with Crippen molar-refractivity contribution >= 4 is 0 Å². The van der Waals surface area contributed by atoms with Crippen molar-refractivity contribution in [1.29, 1.82) is 5.26 Å². The minimum absolute atomic E-state index is 0.156. The van der Waals surface area contributed by atoms with E-state index < -0.39 is 5.82 Å². The average Bonchev–Trinajstić information content (AvgIpc) is 2.35. The molecule has 0 N–H and O–H groups in total. The van der Waals surface area contributed by atoms with E-state index in [0.717, 1.165) is 18.9 Å². The normalized spacial score (nSPS) is 9.94. The predicted octanol–water partition coefficient (Wildman–Crippen LogP) is 2.89. The van der Waals surface area contributed by atoms with Crippen molar-refractivity contribution in [1.82, 2.24) is 0 Å². The Balaban J connectivity index is 2.30. The van der Waals surface area contributed by atoms with E-state index in [2.05, 4.69) is 6.92 Å². The molecular formula is C13H16FNO2. The lowest BCUT2D eigenvalue weighted by Gasteiger charge is -2.07. The Kier molecular flexibility index (Phi) is 6.05. The fraction of sp³-hybridized carbons (Fsp3) is 0.462. The lowest BCUT2D eigenvalue weighted by molar-refractivity contribution is 0.0967. The molecule has 0 aliphatic rings. The maximum atomic E-state index is 13.4. The number of hydrogen-bond donors (Lipinski definition) is 0. The van der Waals surface area contributed by atoms with Gasteiger partial charge < -0.3 is 9.47 Å². The quantitative estimate of drug-likeness (QED) is 0.685. The third kappa shape index (κ3) is 4.83. The zero-order chi connectivity index (χ0) is 12.5. The molecule has 0 atom stereocenters. The molecule has 0 saturated carbocycles. The Morgan fingerprint density at radius 3 is 2.76 bits per heavy atom. The summed E-state index contributed by atoms with van der Waals surface area (Å²) in [5.41, 5.74) is 0.286. The van der Waals surface area contributed by atoms with Gasteiger partial charge in [-0.3, -0.25) is 0 Å². The molecule has 1 aromatic carbocycles. The second-order valence-corrected chi connectivity index (χ2v) is 3.57. The minimum Gasteiger partial charge on any atom is -0.488 e. The van der Waals surface area contributed by atoms with Gasteiger partial charge in [-0.25, -0.2) is 4.39 Å². The van der Waals surface area contributed by atoms with Crippen LogP contribution >= 0.6 is 0 Å². The fourth-order valence-electron chi connectivity index (χ4n) is 1.25. The zero-order valence-electron chi connectivity index (χ0n) is 9.91. The molecule has 0 heterocycles. The molecule has 0 saturated heterocycles. The second-order valence-electron chi connectivity index (χ2n) is 3.57. The molecule has 0 spiro atoms. The monoisotopic (exact) mass is 237 g/mol. The summed E-state index contributed by atoms with van der Waals surface area (Å²) < 4.78 is 23.8. The van der Waals surface area contributed by atoms with Crippen LogP contribution in [0, 0.1) is 17.1 Å². The number of nitriles is 1. The highest BCUT2D eigenvalue weighted by atomic mass is 19.1. The van der Waals surface area contributed by atoms with Crippen LogP contribution in [0.2, 0.25) is 0 Å². The number of ether oxygens (including phenoxy) is 2. The molecule has 17 heavy (non-hydrogen) atoms. The van der Waals surface area contributed by atoms with Gasteiger partial charge in [0.1, 0.15) is 6.61 Å². The number of hydrogen-bond acceptors (Lipinski definition) is 3. The van der Waals surface area contributed by atoms with Crippen LogP contribution in [0.3, 0.4) is 0 Å². The van der Waals surface area contributed by atoms with E-state index in [-0.39, 0.29) is 11.3 Å². The highest BCUT2D eigenvalue weighted by molar-refractivity contribution is 5.35. The second kappa shape index (κ2) is 7.64. The Hall–Kier alpha value is -1.60. The highest BCUT2D eigenvalue weighted by Crippen LogP contribution is 2.17. The molecule has 0 radical (unpaired) electrons. The van der Waals surface area contributed by atoms with Crippen molar-refractivity contribution in [2.24, 2.45) is 0 Å². The molecule has 4 heteroatoms. The summed E-state index contributed by atoms with van der Waals surface area (Å²) in [5, 5.41) is 8.57. The molecule has 0 aromatic heterocycles. The van der Waals surface area contributed by atoms with Crippen LogP contribution in [0.1, 0.15) is 25.3 Å². The van der Waals surface area contributed by atoms with Crippen molar-refractivity contribution in [2.45, 2.75) is 19.8 Å². The molecule has 1 aromatic rings. The van der Waals surface area contributed by atoms with E-state index in [1.165, 1.54) is 12.1 Å². The molecule has 0 fully saturated rings. The van der Waals surface area contributed by atoms with Crippen LogP contribution in [-0.4, -0.2) is 19.8 Å². The Labute approximate surface area is 101 Å². The van der Waals surface area contributed by atoms with E-state index in [9.17, 15) is 4.39 Å². The van der Waals surface area contributed by atoms with Gasteiger partial charge in [0, 0.05) is 6.61 Å². The van der Waals surface area contributed by atoms with Crippen LogP contribution in [0.15, 0.2) is 18.2 Å². The Morgan fingerprint density at radius 1 is 1.29 bits per heavy atom. The number of unbranched alkanes of at least 4 members (excludes halogenated alkanes) is 1. The summed E-state index contributed by atoms with van der Waals surface area (Å²) in [4.78, 5) is 0. The number of nitrogens with zero attached hydrogens (tertiary/aromatic N) is 1. The molecule has 3 nitrogen and oxygen atoms in total. The highest BCUT2D eigenvalue weighted by Gasteiger charge is 2.04. The molecule has 92 valence electrons. The smallest absolute Gasteiger partial charge is 0.166 e. The van der Waals surface area contributed by atoms with Gasteiger partial charge in [-0.2, -0.15) is 5.26 Å². The average molecular weight is 237 g/mol. The van der Waals surface area contributed by atoms with Crippen LogP contribution in [0.4, 0.5) is 4.39 Å². The minimum atomic E-state index is -0.516. The van der Waals surface area contributed by atoms with Gasteiger partial charge >= 0.3 is 0 Å². The van der Waals surface area contributed by atoms with E-state index in [0.29, 0.717) is 19.8 Å². The first-order valence-electron chi connectivity index (χ1n) is 5.68. The molecule has 1 rings (SSSR count). The van der Waals surface area contributed by atoms with E-state index in [1.807, 2.05) is 6.07 Å². The van der Waals surface area contributed by atoms with Gasteiger partial charge in [0.15, 0.2) is 11.6 Å². The fourth-order valence-corrected chi connectivity index (χ4v) is 1.25. The summed E-state index contributed by atoms with van der Waals surface area (Å²) in [7, 11) is 0. The molecule has 0 aliphatic heterocycles. The molecule has 0 bridgehead atoms. The molecule has 0 unspecified atom stereocenters. The topological polar surface area (TPSA) is 42.2 Å². The standard InChI is InChI=1S/C13H16FNO2/c1-2-3-6-16-7-8-17-13-5-4-11(10-15)9-12(13)14/h4-5,9H,2-3,6-8H2,1H3. The summed E-state index contributed by atoms with van der Waals surface area (Å²) in [6, 6.07) is 6.01. The van der Waals surface area contributed by atoms with Gasteiger partial charge in [0.05, 0.1) is 18.2 Å². The van der Waals surface area contributed by atoms with Crippen molar-refractivity contribution in [2.75, 3.05) is 19.8 Å². The third-order valence-electron chi connectivity index (χ3n) is 2.19. The maximum Gasteiger partial charge on any atom is 0.166 e. The number of benzene rings is 1. The first-order valence-corrected chi connectivity index (χ1v) is 5.68. The van der Waals surface area contributed by atoms with Gasteiger partial charge in [-0.15, -0.1) is 0 Å². The number of rotatable bonds is 7. The molecule has 0 aliphatic carbocycles. The largest absolute Gasteiger partial charge is 0.488 e. The molecule has 0 amide bonds. The van der Waals surface area contributed by atoms with E-state index in [1.54, 1.807) is 0 Å². The zero-order valence-corrected chi connectivity index (χ0v) is 9.91. The number of halogens is 1. The third-order valence-corrected chi connectivity index (χ3v) is 2.19. The van der Waals surface area contributed by atoms with Crippen LogP contribution in [0.25, 0.3) is 0 Å². The van der Waals surface area contributed by atoms with E-state index in [4.69, 9.17) is 14.7 Å². The van der Waals surface area contributed by atoms with Gasteiger partial charge in [-0.05, 0) is 24.6 Å². The Bertz CT molecular complexity index is 387. The van der Waals surface area contributed by atoms with Crippen molar-refractivity contribution in [3.05, 3.63) is 29.6 Å². The summed E-state index contributed by atoms with van der Waals surface area (Å²) in [6.45, 7) is 3.55. The van der Waals surface area contributed by atoms with Crippen molar-refractivity contribution in [3.63, 3.8) is 0 Å². The Morgan fingerprint density at radius 2 is 2.12 bits per heavy atom. The lowest BCUT2D eigenvalue weighted by atomic mass is 10.2. The first-order chi connectivity index (χ1) is 8.27. The SMILES string of the molecule is CCCCOCCOc1ccc(C#N)cc1F. The van der Waals surface area contributed by atoms with Gasteiger partial charge in [-0.1, -0.05) is 13.3 Å². The summed E-state index contributed by atoms with van der Waals surface area (Å²) in [6.07, 6.45) is 2.11. The van der Waals surface area contributed by atoms with Gasteiger partial charge in [0.2, 0.25) is 0 Å². The van der Waals surface area contributed by atoms with E-state index >= 15 is 0 Å². The van der Waals surface area contributed by atoms with Crippen LogP contribution in [0.5, 0.6) is 5.75 Å². The van der Waals surface area contributed by atoms with Crippen LogP contribution in [-0.2, 0) is 4.74 Å². The summed E-state index contributed by atoms with van der Waals surface area (Å²) >= 11 is 0. The maximum absolute atomic E-state index is 13.4. The van der Waals surface area contributed by atoms with Crippen LogP contribution < -0.4 is 4.74 Å². The first kappa shape index (κ1) is 13.5. The predicted molar refractivity (Wildman–Crippen MR) is 62.3 cm³/mol. The lowest BCUT2D eigenvalue weighted by Crippen LogP contribution is -2.08. The molecular weight excluding hydrogens is 221 g/mol. The van der Waals surface area contributed by atoms with Gasteiger partial charge in [0.25, 0.3) is 0 Å². The summed E-state index contributed by atoms with van der Waals surface area (Å²) in [5.74, 6) is -0.360.